The van der Waals surface area contributed by atoms with Crippen LogP contribution < -0.4 is 5.32 Å². The fourth-order valence-electron chi connectivity index (χ4n) is 3.93. The molecule has 1 aliphatic heterocycles. The van der Waals surface area contributed by atoms with Crippen LogP contribution in [-0.4, -0.2) is 20.4 Å². The van der Waals surface area contributed by atoms with Gasteiger partial charge in [0.2, 0.25) is 9.84 Å². The quantitative estimate of drug-likeness (QED) is 0.906. The summed E-state index contributed by atoms with van der Waals surface area (Å²) in [6, 6.07) is 6.83. The SMILES string of the molecule is CCC(C)C1CCCCC1NC(=O)C1=Cc2ccccc2S1(=O)=O. The van der Waals surface area contributed by atoms with Crippen LogP contribution >= 0.6 is 0 Å². The van der Waals surface area contributed by atoms with Crippen molar-refractivity contribution in [3.05, 3.63) is 34.7 Å². The third-order valence-corrected chi connectivity index (χ3v) is 7.35. The van der Waals surface area contributed by atoms with Crippen molar-refractivity contribution >= 4 is 21.8 Å². The molecule has 0 spiro atoms. The van der Waals surface area contributed by atoms with Gasteiger partial charge in [-0.05, 0) is 42.4 Å². The van der Waals surface area contributed by atoms with Gasteiger partial charge in [0.25, 0.3) is 5.91 Å². The van der Waals surface area contributed by atoms with Gasteiger partial charge in [0.15, 0.2) is 0 Å². The zero-order valence-electron chi connectivity index (χ0n) is 14.3. The Morgan fingerprint density at radius 3 is 2.67 bits per heavy atom. The third-order valence-electron chi connectivity index (χ3n) is 5.52. The van der Waals surface area contributed by atoms with Gasteiger partial charge in [-0.3, -0.25) is 4.79 Å². The van der Waals surface area contributed by atoms with E-state index in [1.165, 1.54) is 12.5 Å². The predicted molar refractivity (Wildman–Crippen MR) is 94.9 cm³/mol. The Morgan fingerprint density at radius 2 is 1.96 bits per heavy atom. The molecule has 0 radical (unpaired) electrons. The number of hydrogen-bond acceptors (Lipinski definition) is 3. The molecule has 0 saturated heterocycles. The average molecular weight is 347 g/mol. The Morgan fingerprint density at radius 1 is 1.25 bits per heavy atom. The zero-order valence-corrected chi connectivity index (χ0v) is 15.1. The lowest BCUT2D eigenvalue weighted by molar-refractivity contribution is -0.118. The monoisotopic (exact) mass is 347 g/mol. The normalized spacial score (nSPS) is 26.3. The van der Waals surface area contributed by atoms with Crippen molar-refractivity contribution in [2.45, 2.75) is 56.9 Å². The van der Waals surface area contributed by atoms with Crippen molar-refractivity contribution in [1.82, 2.24) is 5.32 Å². The summed E-state index contributed by atoms with van der Waals surface area (Å²) in [5.74, 6) is 0.508. The van der Waals surface area contributed by atoms with E-state index >= 15 is 0 Å². The van der Waals surface area contributed by atoms with Crippen molar-refractivity contribution in [3.63, 3.8) is 0 Å². The lowest BCUT2D eigenvalue weighted by atomic mass is 9.76. The summed E-state index contributed by atoms with van der Waals surface area (Å²) in [5.41, 5.74) is 0.602. The second kappa shape index (κ2) is 6.71. The van der Waals surface area contributed by atoms with Gasteiger partial charge in [0.1, 0.15) is 4.91 Å². The molecule has 3 atom stereocenters. The van der Waals surface area contributed by atoms with Gasteiger partial charge >= 0.3 is 0 Å². The van der Waals surface area contributed by atoms with E-state index in [0.717, 1.165) is 25.7 Å². The maximum absolute atomic E-state index is 12.7. The molecule has 4 nitrogen and oxygen atoms in total. The highest BCUT2D eigenvalue weighted by Crippen LogP contribution is 2.35. The van der Waals surface area contributed by atoms with Crippen LogP contribution in [0.3, 0.4) is 0 Å². The number of rotatable bonds is 4. The Bertz CT molecular complexity index is 767. The van der Waals surface area contributed by atoms with E-state index in [9.17, 15) is 13.2 Å². The molecule has 1 fully saturated rings. The van der Waals surface area contributed by atoms with Crippen LogP contribution in [0.15, 0.2) is 34.1 Å². The molecule has 5 heteroatoms. The van der Waals surface area contributed by atoms with E-state index in [1.54, 1.807) is 24.3 Å². The molecule has 1 aliphatic carbocycles. The van der Waals surface area contributed by atoms with E-state index in [4.69, 9.17) is 0 Å². The molecule has 1 amide bonds. The van der Waals surface area contributed by atoms with Crippen LogP contribution in [0.4, 0.5) is 0 Å². The van der Waals surface area contributed by atoms with E-state index in [1.807, 2.05) is 0 Å². The molecule has 1 N–H and O–H groups in total. The number of carbonyl (C=O) groups is 1. The Balaban J connectivity index is 1.81. The van der Waals surface area contributed by atoms with E-state index in [-0.39, 0.29) is 15.8 Å². The first-order chi connectivity index (χ1) is 11.4. The standard InChI is InChI=1S/C19H25NO3S/c1-3-13(2)15-9-5-6-10-16(15)20-19(21)18-12-14-8-4-7-11-17(14)24(18,22)23/h4,7-8,11-13,15-16H,3,5-6,9-10H2,1-2H3,(H,20,21). The minimum atomic E-state index is -3.69. The lowest BCUT2D eigenvalue weighted by Crippen LogP contribution is -2.45. The maximum Gasteiger partial charge on any atom is 0.263 e. The second-order valence-electron chi connectivity index (χ2n) is 6.96. The first-order valence-corrected chi connectivity index (χ1v) is 10.3. The first kappa shape index (κ1) is 17.2. The highest BCUT2D eigenvalue weighted by atomic mass is 32.2. The summed E-state index contributed by atoms with van der Waals surface area (Å²) in [4.78, 5) is 12.8. The molecule has 1 aromatic carbocycles. The van der Waals surface area contributed by atoms with Crippen molar-refractivity contribution in [3.8, 4) is 0 Å². The van der Waals surface area contributed by atoms with Gasteiger partial charge in [-0.2, -0.15) is 0 Å². The van der Waals surface area contributed by atoms with Crippen LogP contribution in [0.1, 0.15) is 51.5 Å². The van der Waals surface area contributed by atoms with Gasteiger partial charge in [-0.25, -0.2) is 8.42 Å². The van der Waals surface area contributed by atoms with Crippen LogP contribution in [-0.2, 0) is 14.6 Å². The number of sulfone groups is 1. The Labute approximate surface area is 144 Å². The molecule has 0 aromatic heterocycles. The fourth-order valence-corrected chi connectivity index (χ4v) is 5.45. The molecule has 24 heavy (non-hydrogen) atoms. The minimum absolute atomic E-state index is 0.0704. The molecule has 1 saturated carbocycles. The van der Waals surface area contributed by atoms with Gasteiger partial charge in [-0.15, -0.1) is 0 Å². The Hall–Kier alpha value is -1.62. The maximum atomic E-state index is 12.7. The molecular weight excluding hydrogens is 322 g/mol. The Kier molecular flexibility index (Phi) is 4.81. The van der Waals surface area contributed by atoms with Crippen LogP contribution in [0.25, 0.3) is 6.08 Å². The fraction of sp³-hybridized carbons (Fsp3) is 0.526. The lowest BCUT2D eigenvalue weighted by Gasteiger charge is -2.36. The molecule has 1 heterocycles. The molecule has 3 unspecified atom stereocenters. The van der Waals surface area contributed by atoms with E-state index in [0.29, 0.717) is 17.4 Å². The molecule has 0 bridgehead atoms. The number of fused-ring (bicyclic) bond motifs is 1. The van der Waals surface area contributed by atoms with E-state index in [2.05, 4.69) is 19.2 Å². The number of amides is 1. The number of carbonyl (C=O) groups excluding carboxylic acids is 1. The van der Waals surface area contributed by atoms with Gasteiger partial charge in [0, 0.05) is 6.04 Å². The average Bonchev–Trinajstić information content (AvgIpc) is 2.86. The number of nitrogens with one attached hydrogen (secondary N) is 1. The van der Waals surface area contributed by atoms with Crippen LogP contribution in [0.5, 0.6) is 0 Å². The molecule has 1 aromatic rings. The molecule has 2 aliphatic rings. The van der Waals surface area contributed by atoms with Gasteiger partial charge < -0.3 is 5.32 Å². The predicted octanol–water partition coefficient (Wildman–Crippen LogP) is 3.54. The van der Waals surface area contributed by atoms with Gasteiger partial charge in [0.05, 0.1) is 4.90 Å². The molecule has 130 valence electrons. The molecular formula is C19H25NO3S. The number of benzene rings is 1. The second-order valence-corrected chi connectivity index (χ2v) is 8.85. The first-order valence-electron chi connectivity index (χ1n) is 8.81. The zero-order chi connectivity index (χ0) is 17.3. The summed E-state index contributed by atoms with van der Waals surface area (Å²) in [6.07, 6.45) is 6.88. The van der Waals surface area contributed by atoms with Crippen molar-refractivity contribution in [1.29, 1.82) is 0 Å². The highest BCUT2D eigenvalue weighted by molar-refractivity contribution is 7.96. The summed E-state index contributed by atoms with van der Waals surface area (Å²) < 4.78 is 25.2. The summed E-state index contributed by atoms with van der Waals surface area (Å²) in [5, 5.41) is 3.03. The van der Waals surface area contributed by atoms with Crippen molar-refractivity contribution in [2.75, 3.05) is 0 Å². The largest absolute Gasteiger partial charge is 0.348 e. The molecule has 3 rings (SSSR count). The highest BCUT2D eigenvalue weighted by Gasteiger charge is 2.37. The van der Waals surface area contributed by atoms with Crippen molar-refractivity contribution in [2.24, 2.45) is 11.8 Å². The van der Waals surface area contributed by atoms with Crippen LogP contribution in [0.2, 0.25) is 0 Å². The minimum Gasteiger partial charge on any atom is -0.348 e. The summed E-state index contributed by atoms with van der Waals surface area (Å²) in [6.45, 7) is 4.38. The van der Waals surface area contributed by atoms with Gasteiger partial charge in [-0.1, -0.05) is 51.3 Å². The smallest absolute Gasteiger partial charge is 0.263 e. The van der Waals surface area contributed by atoms with E-state index < -0.39 is 15.7 Å². The number of hydrogen-bond donors (Lipinski definition) is 1. The van der Waals surface area contributed by atoms with Crippen LogP contribution in [0, 0.1) is 11.8 Å². The van der Waals surface area contributed by atoms with Crippen molar-refractivity contribution < 1.29 is 13.2 Å². The third kappa shape index (κ3) is 3.02. The summed E-state index contributed by atoms with van der Waals surface area (Å²) >= 11 is 0. The summed E-state index contributed by atoms with van der Waals surface area (Å²) in [7, 11) is -3.69. The topological polar surface area (TPSA) is 63.2 Å².